The molecule has 0 spiro atoms. The molecule has 1 heterocycles. The summed E-state index contributed by atoms with van der Waals surface area (Å²) in [5.74, 6) is 0.204. The SMILES string of the molecule is COc1ccc(CN(C)Cn2nc(C)c3ccccc3c2=O)cc1OC(F)F. The molecule has 1 aromatic heterocycles. The van der Waals surface area contributed by atoms with Gasteiger partial charge in [0.25, 0.3) is 5.56 Å². The fourth-order valence-corrected chi connectivity index (χ4v) is 3.10. The molecule has 6 nitrogen and oxygen atoms in total. The number of halogens is 2. The summed E-state index contributed by atoms with van der Waals surface area (Å²) in [7, 11) is 3.20. The lowest BCUT2D eigenvalue weighted by Gasteiger charge is -2.19. The van der Waals surface area contributed by atoms with Crippen LogP contribution in [-0.4, -0.2) is 35.4 Å². The first-order valence-corrected chi connectivity index (χ1v) is 8.65. The molecule has 0 saturated heterocycles. The first kappa shape index (κ1) is 19.8. The Kier molecular flexibility index (Phi) is 5.89. The fourth-order valence-electron chi connectivity index (χ4n) is 3.10. The van der Waals surface area contributed by atoms with Crippen molar-refractivity contribution < 1.29 is 18.3 Å². The molecule has 0 aliphatic rings. The molecule has 0 radical (unpaired) electrons. The minimum atomic E-state index is -2.94. The number of ether oxygens (including phenoxy) is 2. The Hall–Kier alpha value is -3.00. The Labute approximate surface area is 160 Å². The van der Waals surface area contributed by atoms with Crippen molar-refractivity contribution in [3.05, 3.63) is 64.1 Å². The third kappa shape index (κ3) is 4.28. The van der Waals surface area contributed by atoms with E-state index >= 15 is 0 Å². The van der Waals surface area contributed by atoms with Crippen LogP contribution in [0.3, 0.4) is 0 Å². The highest BCUT2D eigenvalue weighted by atomic mass is 19.3. The molecule has 0 unspecified atom stereocenters. The largest absolute Gasteiger partial charge is 0.493 e. The second-order valence-corrected chi connectivity index (χ2v) is 6.45. The van der Waals surface area contributed by atoms with Crippen LogP contribution in [0.1, 0.15) is 11.3 Å². The highest BCUT2D eigenvalue weighted by Crippen LogP contribution is 2.29. The number of aromatic nitrogens is 2. The van der Waals surface area contributed by atoms with E-state index in [1.165, 1.54) is 17.9 Å². The maximum absolute atomic E-state index is 12.7. The monoisotopic (exact) mass is 389 g/mol. The molecule has 0 aliphatic heterocycles. The molecule has 2 aromatic carbocycles. The number of alkyl halides is 2. The van der Waals surface area contributed by atoms with Crippen LogP contribution < -0.4 is 15.0 Å². The third-order valence-corrected chi connectivity index (χ3v) is 4.32. The molecule has 0 bridgehead atoms. The van der Waals surface area contributed by atoms with Crippen molar-refractivity contribution in [1.29, 1.82) is 0 Å². The van der Waals surface area contributed by atoms with Crippen molar-refractivity contribution in [3.8, 4) is 11.5 Å². The Bertz CT molecular complexity index is 1040. The minimum absolute atomic E-state index is 0.0276. The van der Waals surface area contributed by atoms with Crippen LogP contribution in [0.4, 0.5) is 8.78 Å². The van der Waals surface area contributed by atoms with Crippen molar-refractivity contribution in [2.75, 3.05) is 14.2 Å². The fraction of sp³-hybridized carbons (Fsp3) is 0.300. The van der Waals surface area contributed by atoms with Gasteiger partial charge in [-0.15, -0.1) is 0 Å². The molecule has 0 aliphatic carbocycles. The van der Waals surface area contributed by atoms with Gasteiger partial charge in [-0.1, -0.05) is 24.3 Å². The molecule has 28 heavy (non-hydrogen) atoms. The lowest BCUT2D eigenvalue weighted by Crippen LogP contribution is -2.32. The average Bonchev–Trinajstić information content (AvgIpc) is 2.65. The van der Waals surface area contributed by atoms with Gasteiger partial charge in [0.15, 0.2) is 11.5 Å². The van der Waals surface area contributed by atoms with Crippen LogP contribution in [0, 0.1) is 6.92 Å². The number of fused-ring (bicyclic) bond motifs is 1. The topological polar surface area (TPSA) is 56.6 Å². The summed E-state index contributed by atoms with van der Waals surface area (Å²) in [6, 6.07) is 12.2. The van der Waals surface area contributed by atoms with E-state index in [1.807, 2.05) is 37.1 Å². The van der Waals surface area contributed by atoms with Crippen LogP contribution >= 0.6 is 0 Å². The lowest BCUT2D eigenvalue weighted by atomic mass is 10.1. The van der Waals surface area contributed by atoms with E-state index < -0.39 is 6.61 Å². The van der Waals surface area contributed by atoms with Gasteiger partial charge in [0.05, 0.1) is 24.9 Å². The van der Waals surface area contributed by atoms with Gasteiger partial charge in [-0.2, -0.15) is 13.9 Å². The quantitative estimate of drug-likeness (QED) is 0.620. The van der Waals surface area contributed by atoms with Gasteiger partial charge in [0, 0.05) is 11.9 Å². The second-order valence-electron chi connectivity index (χ2n) is 6.45. The molecule has 3 aromatic rings. The Morgan fingerprint density at radius 3 is 2.54 bits per heavy atom. The molecule has 0 saturated carbocycles. The summed E-state index contributed by atoms with van der Waals surface area (Å²) in [5.41, 5.74) is 1.33. The summed E-state index contributed by atoms with van der Waals surface area (Å²) in [6.45, 7) is -0.425. The van der Waals surface area contributed by atoms with Gasteiger partial charge in [0.2, 0.25) is 0 Å². The maximum Gasteiger partial charge on any atom is 0.387 e. The van der Waals surface area contributed by atoms with E-state index in [0.29, 0.717) is 11.9 Å². The number of rotatable bonds is 7. The number of nitrogens with zero attached hydrogens (tertiary/aromatic N) is 3. The Morgan fingerprint density at radius 1 is 1.14 bits per heavy atom. The third-order valence-electron chi connectivity index (χ3n) is 4.32. The summed E-state index contributed by atoms with van der Waals surface area (Å²) < 4.78 is 36.1. The molecular weight excluding hydrogens is 368 g/mol. The summed E-state index contributed by atoms with van der Waals surface area (Å²) in [4.78, 5) is 14.5. The predicted molar refractivity (Wildman–Crippen MR) is 102 cm³/mol. The normalized spacial score (nSPS) is 11.4. The first-order chi connectivity index (χ1) is 13.4. The first-order valence-electron chi connectivity index (χ1n) is 8.65. The van der Waals surface area contributed by atoms with Crippen LogP contribution in [0.25, 0.3) is 10.8 Å². The van der Waals surface area contributed by atoms with Gasteiger partial charge in [-0.25, -0.2) is 4.68 Å². The predicted octanol–water partition coefficient (Wildman–Crippen LogP) is 3.40. The molecule has 0 amide bonds. The van der Waals surface area contributed by atoms with Crippen molar-refractivity contribution in [2.45, 2.75) is 26.7 Å². The molecule has 0 atom stereocenters. The Balaban J connectivity index is 1.81. The molecule has 3 rings (SSSR count). The van der Waals surface area contributed by atoms with E-state index in [0.717, 1.165) is 16.6 Å². The van der Waals surface area contributed by atoms with Crippen molar-refractivity contribution >= 4 is 10.8 Å². The standard InChI is InChI=1S/C20H21F2N3O3/c1-13-15-6-4-5-7-16(15)19(26)25(23-13)12-24(2)11-14-8-9-17(27-3)18(10-14)28-20(21)22/h4-10,20H,11-12H2,1-3H3. The Morgan fingerprint density at radius 2 is 1.86 bits per heavy atom. The molecule has 0 fully saturated rings. The highest BCUT2D eigenvalue weighted by molar-refractivity contribution is 5.83. The van der Waals surface area contributed by atoms with Gasteiger partial charge < -0.3 is 9.47 Å². The zero-order valence-corrected chi connectivity index (χ0v) is 15.9. The molecule has 0 N–H and O–H groups in total. The van der Waals surface area contributed by atoms with Crippen LogP contribution in [0.2, 0.25) is 0 Å². The van der Waals surface area contributed by atoms with Crippen molar-refractivity contribution in [2.24, 2.45) is 0 Å². The minimum Gasteiger partial charge on any atom is -0.493 e. The second kappa shape index (κ2) is 8.35. The average molecular weight is 389 g/mol. The zero-order chi connectivity index (χ0) is 20.3. The summed E-state index contributed by atoms with van der Waals surface area (Å²) in [5, 5.41) is 5.83. The number of hydrogen-bond acceptors (Lipinski definition) is 5. The van der Waals surface area contributed by atoms with Gasteiger partial charge >= 0.3 is 6.61 Å². The number of hydrogen-bond donors (Lipinski definition) is 0. The van der Waals surface area contributed by atoms with Crippen LogP contribution in [0.5, 0.6) is 11.5 Å². The summed E-state index contributed by atoms with van der Waals surface area (Å²) >= 11 is 0. The summed E-state index contributed by atoms with van der Waals surface area (Å²) in [6.07, 6.45) is 0. The van der Waals surface area contributed by atoms with E-state index in [2.05, 4.69) is 9.84 Å². The van der Waals surface area contributed by atoms with Gasteiger partial charge in [0.1, 0.15) is 0 Å². The van der Waals surface area contributed by atoms with E-state index in [1.54, 1.807) is 18.2 Å². The van der Waals surface area contributed by atoms with E-state index in [4.69, 9.17) is 4.74 Å². The maximum atomic E-state index is 12.7. The molecule has 8 heteroatoms. The zero-order valence-electron chi connectivity index (χ0n) is 15.9. The van der Waals surface area contributed by atoms with Crippen molar-refractivity contribution in [3.63, 3.8) is 0 Å². The lowest BCUT2D eigenvalue weighted by molar-refractivity contribution is -0.0512. The number of aryl methyl sites for hydroxylation is 1. The van der Waals surface area contributed by atoms with Crippen molar-refractivity contribution in [1.82, 2.24) is 14.7 Å². The van der Waals surface area contributed by atoms with Gasteiger partial charge in [-0.05, 0) is 37.7 Å². The molecular formula is C20H21F2N3O3. The van der Waals surface area contributed by atoms with E-state index in [-0.39, 0.29) is 23.7 Å². The van der Waals surface area contributed by atoms with Crippen LogP contribution in [-0.2, 0) is 13.2 Å². The van der Waals surface area contributed by atoms with E-state index in [9.17, 15) is 13.6 Å². The van der Waals surface area contributed by atoms with Gasteiger partial charge in [-0.3, -0.25) is 9.69 Å². The number of methoxy groups -OCH3 is 1. The van der Waals surface area contributed by atoms with Crippen LogP contribution in [0.15, 0.2) is 47.3 Å². The highest BCUT2D eigenvalue weighted by Gasteiger charge is 2.13. The smallest absolute Gasteiger partial charge is 0.387 e. The number of benzene rings is 2. The molecule has 148 valence electrons.